The number of ether oxygens (including phenoxy) is 1. The maximum absolute atomic E-state index is 12.1. The molecule has 0 rings (SSSR count). The van der Waals surface area contributed by atoms with Crippen LogP contribution in [-0.4, -0.2) is 12.6 Å². The largest absolute Gasteiger partial charge is 0.466 e. The standard InChI is InChI=1S/C57H114O2/c1-3-5-7-9-11-13-15-17-19-21-23-25-27-29-30-31-32-33-35-37-39-41-43-45-47-49-51-53-55-57(58)59-56-54-52-50-48-46-44-42-40-38-36-34-28-26-24-22-20-18-16-14-12-10-8-6-4-2/h3-56H2,1-2H3. The minimum atomic E-state index is 0.0360. The van der Waals surface area contributed by atoms with Crippen LogP contribution in [-0.2, 0) is 9.53 Å². The van der Waals surface area contributed by atoms with Gasteiger partial charge in [0, 0.05) is 6.42 Å². The summed E-state index contributed by atoms with van der Waals surface area (Å²) in [5.41, 5.74) is 0. The van der Waals surface area contributed by atoms with Crippen molar-refractivity contribution in [2.24, 2.45) is 0 Å². The van der Waals surface area contributed by atoms with Crippen molar-refractivity contribution in [2.75, 3.05) is 6.61 Å². The molecule has 0 spiro atoms. The fraction of sp³-hybridized carbons (Fsp3) is 0.982. The molecule has 0 saturated heterocycles. The van der Waals surface area contributed by atoms with E-state index in [4.69, 9.17) is 4.74 Å². The third-order valence-electron chi connectivity index (χ3n) is 13.5. The monoisotopic (exact) mass is 831 g/mol. The summed E-state index contributed by atoms with van der Waals surface area (Å²) in [4.78, 5) is 12.1. The molecule has 0 N–H and O–H groups in total. The predicted molar refractivity (Wildman–Crippen MR) is 267 cm³/mol. The summed E-state index contributed by atoms with van der Waals surface area (Å²) < 4.78 is 5.51. The van der Waals surface area contributed by atoms with E-state index < -0.39 is 0 Å². The van der Waals surface area contributed by atoms with Crippen LogP contribution >= 0.6 is 0 Å². The summed E-state index contributed by atoms with van der Waals surface area (Å²) >= 11 is 0. The number of hydrogen-bond donors (Lipinski definition) is 0. The molecule has 0 aliphatic heterocycles. The Hall–Kier alpha value is -0.530. The number of rotatable bonds is 54. The molecule has 0 aromatic heterocycles. The molecule has 354 valence electrons. The summed E-state index contributed by atoms with van der Waals surface area (Å²) in [6.07, 6.45) is 74.3. The summed E-state index contributed by atoms with van der Waals surface area (Å²) in [5, 5.41) is 0. The van der Waals surface area contributed by atoms with Crippen molar-refractivity contribution in [3.8, 4) is 0 Å². The Morgan fingerprint density at radius 2 is 0.373 bits per heavy atom. The molecule has 0 aliphatic carbocycles. The van der Waals surface area contributed by atoms with Gasteiger partial charge in [-0.05, 0) is 12.8 Å². The Balaban J connectivity index is 3.14. The average Bonchev–Trinajstić information content (AvgIpc) is 3.24. The lowest BCUT2D eigenvalue weighted by Gasteiger charge is -2.06. The zero-order valence-corrected chi connectivity index (χ0v) is 41.5. The van der Waals surface area contributed by atoms with Crippen LogP contribution in [0.5, 0.6) is 0 Å². The highest BCUT2D eigenvalue weighted by Crippen LogP contribution is 2.18. The molecule has 0 aromatic rings. The molecule has 0 aromatic carbocycles. The van der Waals surface area contributed by atoms with Crippen molar-refractivity contribution in [2.45, 2.75) is 354 Å². The van der Waals surface area contributed by atoms with Crippen LogP contribution in [0.4, 0.5) is 0 Å². The summed E-state index contributed by atoms with van der Waals surface area (Å²) in [6, 6.07) is 0. The SMILES string of the molecule is CCCCCCCCCCCCCCCCCCCCCCCCCCCCCCC(=O)OCCCCCCCCCCCCCCCCCCCCCCCCCC. The van der Waals surface area contributed by atoms with E-state index in [9.17, 15) is 4.79 Å². The van der Waals surface area contributed by atoms with Crippen LogP contribution in [0.25, 0.3) is 0 Å². The van der Waals surface area contributed by atoms with E-state index in [2.05, 4.69) is 13.8 Å². The van der Waals surface area contributed by atoms with E-state index in [1.165, 1.54) is 321 Å². The van der Waals surface area contributed by atoms with E-state index >= 15 is 0 Å². The highest BCUT2D eigenvalue weighted by atomic mass is 16.5. The Labute approximate surface area is 374 Å². The molecule has 0 heterocycles. The molecule has 0 aliphatic rings. The molecule has 0 radical (unpaired) electrons. The summed E-state index contributed by atoms with van der Waals surface area (Å²) in [5.74, 6) is 0.0360. The lowest BCUT2D eigenvalue weighted by Crippen LogP contribution is -2.05. The van der Waals surface area contributed by atoms with Crippen LogP contribution in [0.3, 0.4) is 0 Å². The van der Waals surface area contributed by atoms with Gasteiger partial charge < -0.3 is 4.74 Å². The van der Waals surface area contributed by atoms with E-state index in [1.807, 2.05) is 0 Å². The second-order valence-electron chi connectivity index (χ2n) is 19.6. The first-order valence-electron chi connectivity index (χ1n) is 28.5. The van der Waals surface area contributed by atoms with Crippen molar-refractivity contribution >= 4 is 5.97 Å². The van der Waals surface area contributed by atoms with Gasteiger partial charge >= 0.3 is 5.97 Å². The van der Waals surface area contributed by atoms with E-state index in [1.54, 1.807) is 0 Å². The minimum Gasteiger partial charge on any atom is -0.466 e. The van der Waals surface area contributed by atoms with Crippen LogP contribution in [0.2, 0.25) is 0 Å². The second kappa shape index (κ2) is 55.5. The molecule has 0 amide bonds. The number of esters is 1. The van der Waals surface area contributed by atoms with Gasteiger partial charge in [0.2, 0.25) is 0 Å². The number of carbonyl (C=O) groups excluding carboxylic acids is 1. The molecule has 2 nitrogen and oxygen atoms in total. The third kappa shape index (κ3) is 55.5. The highest BCUT2D eigenvalue weighted by Gasteiger charge is 2.03. The van der Waals surface area contributed by atoms with Crippen LogP contribution in [0, 0.1) is 0 Å². The van der Waals surface area contributed by atoms with E-state index in [0.717, 1.165) is 12.8 Å². The van der Waals surface area contributed by atoms with Crippen LogP contribution in [0.15, 0.2) is 0 Å². The van der Waals surface area contributed by atoms with Crippen molar-refractivity contribution in [3.63, 3.8) is 0 Å². The number of carbonyl (C=O) groups is 1. The van der Waals surface area contributed by atoms with E-state index in [0.29, 0.717) is 13.0 Å². The Kier molecular flexibility index (Phi) is 55.0. The van der Waals surface area contributed by atoms with Gasteiger partial charge in [-0.3, -0.25) is 4.79 Å². The maximum Gasteiger partial charge on any atom is 0.305 e. The maximum atomic E-state index is 12.1. The topological polar surface area (TPSA) is 26.3 Å². The molecule has 0 bridgehead atoms. The molecule has 0 fully saturated rings. The molecule has 0 unspecified atom stereocenters. The third-order valence-corrected chi connectivity index (χ3v) is 13.5. The highest BCUT2D eigenvalue weighted by molar-refractivity contribution is 5.69. The van der Waals surface area contributed by atoms with Crippen LogP contribution in [0.1, 0.15) is 354 Å². The fourth-order valence-electron chi connectivity index (χ4n) is 9.26. The molecule has 59 heavy (non-hydrogen) atoms. The van der Waals surface area contributed by atoms with E-state index in [-0.39, 0.29) is 5.97 Å². The summed E-state index contributed by atoms with van der Waals surface area (Å²) in [7, 11) is 0. The Morgan fingerprint density at radius 3 is 0.559 bits per heavy atom. The first kappa shape index (κ1) is 58.5. The number of unbranched alkanes of at least 4 members (excludes halogenated alkanes) is 50. The van der Waals surface area contributed by atoms with Crippen LogP contribution < -0.4 is 0 Å². The quantitative estimate of drug-likeness (QED) is 0.0451. The van der Waals surface area contributed by atoms with Gasteiger partial charge in [0.1, 0.15) is 0 Å². The lowest BCUT2D eigenvalue weighted by atomic mass is 10.0. The number of hydrogen-bond acceptors (Lipinski definition) is 2. The van der Waals surface area contributed by atoms with Gasteiger partial charge in [0.15, 0.2) is 0 Å². The smallest absolute Gasteiger partial charge is 0.305 e. The predicted octanol–water partition coefficient (Wildman–Crippen LogP) is 21.2. The molecule has 0 atom stereocenters. The van der Waals surface area contributed by atoms with Gasteiger partial charge in [-0.15, -0.1) is 0 Å². The lowest BCUT2D eigenvalue weighted by molar-refractivity contribution is -0.143. The second-order valence-corrected chi connectivity index (χ2v) is 19.6. The van der Waals surface area contributed by atoms with Gasteiger partial charge in [0.25, 0.3) is 0 Å². The molecule has 2 heteroatoms. The van der Waals surface area contributed by atoms with Crippen molar-refractivity contribution in [3.05, 3.63) is 0 Å². The van der Waals surface area contributed by atoms with Gasteiger partial charge in [-0.25, -0.2) is 0 Å². The Bertz CT molecular complexity index is 732. The average molecular weight is 832 g/mol. The Morgan fingerprint density at radius 1 is 0.220 bits per heavy atom. The molecule has 0 saturated carbocycles. The fourth-order valence-corrected chi connectivity index (χ4v) is 9.26. The normalized spacial score (nSPS) is 11.6. The van der Waals surface area contributed by atoms with Gasteiger partial charge in [-0.1, -0.05) is 335 Å². The zero-order chi connectivity index (χ0) is 42.5. The van der Waals surface area contributed by atoms with Crippen molar-refractivity contribution < 1.29 is 9.53 Å². The summed E-state index contributed by atoms with van der Waals surface area (Å²) in [6.45, 7) is 5.25. The first-order chi connectivity index (χ1) is 29.3. The van der Waals surface area contributed by atoms with Crippen molar-refractivity contribution in [1.29, 1.82) is 0 Å². The van der Waals surface area contributed by atoms with Gasteiger partial charge in [0.05, 0.1) is 6.61 Å². The molecular weight excluding hydrogens is 717 g/mol. The van der Waals surface area contributed by atoms with Gasteiger partial charge in [-0.2, -0.15) is 0 Å². The minimum absolute atomic E-state index is 0.0360. The first-order valence-corrected chi connectivity index (χ1v) is 28.5. The molecular formula is C57H114O2. The van der Waals surface area contributed by atoms with Crippen molar-refractivity contribution in [1.82, 2.24) is 0 Å². The zero-order valence-electron chi connectivity index (χ0n) is 41.5.